The molecule has 0 aliphatic carbocycles. The summed E-state index contributed by atoms with van der Waals surface area (Å²) in [5, 5.41) is 7.80. The summed E-state index contributed by atoms with van der Waals surface area (Å²) >= 11 is 0. The molecule has 0 radical (unpaired) electrons. The molecule has 1 aromatic carbocycles. The molecule has 2 aromatic rings. The minimum absolute atomic E-state index is 0.0289. The lowest BCUT2D eigenvalue weighted by atomic mass is 10.1. The van der Waals surface area contributed by atoms with E-state index in [4.69, 9.17) is 5.14 Å². The number of nitrogens with two attached hydrogens (primary N) is 1. The Balaban J connectivity index is 2.10. The Labute approximate surface area is 122 Å². The van der Waals surface area contributed by atoms with E-state index in [9.17, 15) is 13.2 Å². The SMILES string of the molecule is CC(NC(=O)c1cncnc1)c1ccc(S(N)(=O)=O)cc1. The van der Waals surface area contributed by atoms with E-state index in [0.29, 0.717) is 5.56 Å². The number of rotatable bonds is 4. The van der Waals surface area contributed by atoms with Crippen LogP contribution in [0.25, 0.3) is 0 Å². The molecule has 0 aliphatic rings. The molecular formula is C13H14N4O3S. The number of aromatic nitrogens is 2. The Bertz CT molecular complexity index is 730. The Hall–Kier alpha value is -2.32. The van der Waals surface area contributed by atoms with Gasteiger partial charge >= 0.3 is 0 Å². The van der Waals surface area contributed by atoms with Gasteiger partial charge in [0.15, 0.2) is 0 Å². The summed E-state index contributed by atoms with van der Waals surface area (Å²) in [5.41, 5.74) is 1.11. The highest BCUT2D eigenvalue weighted by Gasteiger charge is 2.13. The number of hydrogen-bond donors (Lipinski definition) is 2. The zero-order valence-electron chi connectivity index (χ0n) is 11.2. The molecule has 110 valence electrons. The van der Waals surface area contributed by atoms with E-state index in [1.807, 2.05) is 0 Å². The number of nitrogens with one attached hydrogen (secondary N) is 1. The van der Waals surface area contributed by atoms with E-state index in [2.05, 4.69) is 15.3 Å². The van der Waals surface area contributed by atoms with E-state index in [1.165, 1.54) is 30.9 Å². The summed E-state index contributed by atoms with van der Waals surface area (Å²) in [6, 6.07) is 5.71. The monoisotopic (exact) mass is 306 g/mol. The van der Waals surface area contributed by atoms with E-state index in [0.717, 1.165) is 5.56 Å². The minimum atomic E-state index is -3.72. The smallest absolute Gasteiger partial charge is 0.254 e. The molecule has 0 saturated carbocycles. The first-order valence-electron chi connectivity index (χ1n) is 6.06. The van der Waals surface area contributed by atoms with Crippen LogP contribution in [0.1, 0.15) is 28.9 Å². The van der Waals surface area contributed by atoms with Crippen LogP contribution in [0.5, 0.6) is 0 Å². The lowest BCUT2D eigenvalue weighted by molar-refractivity contribution is 0.0939. The Morgan fingerprint density at radius 2 is 1.76 bits per heavy atom. The van der Waals surface area contributed by atoms with Crippen molar-refractivity contribution in [1.29, 1.82) is 0 Å². The molecule has 2 rings (SSSR count). The molecule has 1 heterocycles. The van der Waals surface area contributed by atoms with Gasteiger partial charge in [-0.05, 0) is 24.6 Å². The molecule has 1 unspecified atom stereocenters. The predicted octanol–water partition coefficient (Wildman–Crippen LogP) is 0.615. The van der Waals surface area contributed by atoms with Crippen LogP contribution in [0.4, 0.5) is 0 Å². The fourth-order valence-electron chi connectivity index (χ4n) is 1.73. The van der Waals surface area contributed by atoms with Crippen LogP contribution in [0, 0.1) is 0 Å². The van der Waals surface area contributed by atoms with Gasteiger partial charge in [-0.15, -0.1) is 0 Å². The summed E-state index contributed by atoms with van der Waals surface area (Å²) in [6.07, 6.45) is 4.17. The van der Waals surface area contributed by atoms with Crippen LogP contribution >= 0.6 is 0 Å². The minimum Gasteiger partial charge on any atom is -0.345 e. The first-order chi connectivity index (χ1) is 9.88. The maximum absolute atomic E-state index is 11.9. The number of benzene rings is 1. The maximum Gasteiger partial charge on any atom is 0.254 e. The summed E-state index contributed by atoms with van der Waals surface area (Å²) in [6.45, 7) is 1.79. The second-order valence-electron chi connectivity index (χ2n) is 4.44. The molecule has 1 aromatic heterocycles. The van der Waals surface area contributed by atoms with Crippen molar-refractivity contribution in [3.63, 3.8) is 0 Å². The van der Waals surface area contributed by atoms with Gasteiger partial charge in [-0.2, -0.15) is 0 Å². The Morgan fingerprint density at radius 1 is 1.19 bits per heavy atom. The standard InChI is InChI=1S/C13H14N4O3S/c1-9(17-13(18)11-6-15-8-16-7-11)10-2-4-12(5-3-10)21(14,19)20/h2-9H,1H3,(H,17,18)(H2,14,19,20). The molecule has 8 heteroatoms. The van der Waals surface area contributed by atoms with Gasteiger partial charge in [0.1, 0.15) is 6.33 Å². The molecule has 7 nitrogen and oxygen atoms in total. The van der Waals surface area contributed by atoms with E-state index < -0.39 is 10.0 Å². The van der Waals surface area contributed by atoms with Gasteiger partial charge in [-0.1, -0.05) is 12.1 Å². The van der Waals surface area contributed by atoms with Gasteiger partial charge in [0.05, 0.1) is 16.5 Å². The van der Waals surface area contributed by atoms with Crippen molar-refractivity contribution >= 4 is 15.9 Å². The van der Waals surface area contributed by atoms with Crippen molar-refractivity contribution in [2.24, 2.45) is 5.14 Å². The Kier molecular flexibility index (Phi) is 4.29. The first-order valence-corrected chi connectivity index (χ1v) is 7.61. The van der Waals surface area contributed by atoms with Crippen molar-refractivity contribution in [1.82, 2.24) is 15.3 Å². The third-order valence-corrected chi connectivity index (χ3v) is 3.81. The number of nitrogens with zero attached hydrogens (tertiary/aromatic N) is 2. The Morgan fingerprint density at radius 3 is 2.29 bits per heavy atom. The number of sulfonamides is 1. The average molecular weight is 306 g/mol. The number of hydrogen-bond acceptors (Lipinski definition) is 5. The molecule has 0 saturated heterocycles. The molecule has 3 N–H and O–H groups in total. The van der Waals surface area contributed by atoms with E-state index in [-0.39, 0.29) is 16.8 Å². The van der Waals surface area contributed by atoms with Crippen LogP contribution in [0.2, 0.25) is 0 Å². The normalized spacial score (nSPS) is 12.7. The van der Waals surface area contributed by atoms with Gasteiger partial charge in [-0.25, -0.2) is 23.5 Å². The first kappa shape index (κ1) is 15.1. The van der Waals surface area contributed by atoms with Crippen LogP contribution in [0.15, 0.2) is 47.9 Å². The summed E-state index contributed by atoms with van der Waals surface area (Å²) < 4.78 is 22.3. The van der Waals surface area contributed by atoms with Crippen molar-refractivity contribution in [2.75, 3.05) is 0 Å². The van der Waals surface area contributed by atoms with Crippen molar-refractivity contribution in [3.8, 4) is 0 Å². The lowest BCUT2D eigenvalue weighted by Crippen LogP contribution is -2.26. The molecule has 1 atom stereocenters. The number of amides is 1. The predicted molar refractivity (Wildman–Crippen MR) is 75.7 cm³/mol. The number of carbonyl (C=O) groups is 1. The lowest BCUT2D eigenvalue weighted by Gasteiger charge is -2.14. The summed E-state index contributed by atoms with van der Waals surface area (Å²) in [4.78, 5) is 19.5. The zero-order valence-corrected chi connectivity index (χ0v) is 12.0. The third kappa shape index (κ3) is 3.83. The topological polar surface area (TPSA) is 115 Å². The largest absolute Gasteiger partial charge is 0.345 e. The fourth-order valence-corrected chi connectivity index (χ4v) is 2.24. The second kappa shape index (κ2) is 5.98. The molecule has 0 bridgehead atoms. The van der Waals surface area contributed by atoms with Crippen LogP contribution < -0.4 is 10.5 Å². The summed E-state index contributed by atoms with van der Waals surface area (Å²) in [7, 11) is -3.72. The van der Waals surface area contributed by atoms with Gasteiger partial charge in [0.2, 0.25) is 10.0 Å². The highest BCUT2D eigenvalue weighted by Crippen LogP contribution is 2.15. The average Bonchev–Trinajstić information content (AvgIpc) is 2.47. The van der Waals surface area contributed by atoms with Crippen LogP contribution in [-0.4, -0.2) is 24.3 Å². The molecular weight excluding hydrogens is 292 g/mol. The highest BCUT2D eigenvalue weighted by molar-refractivity contribution is 7.89. The maximum atomic E-state index is 11.9. The number of primary sulfonamides is 1. The van der Waals surface area contributed by atoms with Gasteiger partial charge in [-0.3, -0.25) is 4.79 Å². The molecule has 0 aliphatic heterocycles. The quantitative estimate of drug-likeness (QED) is 0.859. The van der Waals surface area contributed by atoms with Gasteiger partial charge in [0.25, 0.3) is 5.91 Å². The van der Waals surface area contributed by atoms with Crippen molar-refractivity contribution in [3.05, 3.63) is 54.1 Å². The van der Waals surface area contributed by atoms with Crippen LogP contribution in [-0.2, 0) is 10.0 Å². The van der Waals surface area contributed by atoms with Crippen molar-refractivity contribution < 1.29 is 13.2 Å². The zero-order chi connectivity index (χ0) is 15.5. The van der Waals surface area contributed by atoms with Gasteiger partial charge < -0.3 is 5.32 Å². The molecule has 0 fully saturated rings. The van der Waals surface area contributed by atoms with Crippen molar-refractivity contribution in [2.45, 2.75) is 17.9 Å². The fraction of sp³-hybridized carbons (Fsp3) is 0.154. The van der Waals surface area contributed by atoms with Gasteiger partial charge in [0, 0.05) is 12.4 Å². The second-order valence-corrected chi connectivity index (χ2v) is 6.00. The number of carbonyl (C=O) groups excluding carboxylic acids is 1. The third-order valence-electron chi connectivity index (χ3n) is 2.88. The summed E-state index contributed by atoms with van der Waals surface area (Å²) in [5.74, 6) is -0.307. The van der Waals surface area contributed by atoms with E-state index in [1.54, 1.807) is 19.1 Å². The molecule has 0 spiro atoms. The van der Waals surface area contributed by atoms with Crippen LogP contribution in [0.3, 0.4) is 0 Å². The highest BCUT2D eigenvalue weighted by atomic mass is 32.2. The van der Waals surface area contributed by atoms with E-state index >= 15 is 0 Å². The molecule has 1 amide bonds. The molecule has 21 heavy (non-hydrogen) atoms.